The van der Waals surface area contributed by atoms with Gasteiger partial charge in [-0.25, -0.2) is 11.1 Å². The molecule has 0 amide bonds. The van der Waals surface area contributed by atoms with Crippen LogP contribution in [0.25, 0.3) is 48.4 Å². The monoisotopic (exact) mass is 569 g/mol. The molecule has 3 heteroatoms. The number of fused-ring (bicyclic) bond motifs is 5. The Morgan fingerprint density at radius 1 is 0.791 bits per heavy atom. The van der Waals surface area contributed by atoms with Gasteiger partial charge in [0, 0.05) is 30.9 Å². The van der Waals surface area contributed by atoms with Crippen LogP contribution in [0.5, 0.6) is 11.5 Å². The molecule has 2 heterocycles. The van der Waals surface area contributed by atoms with Gasteiger partial charge in [0.05, 0.1) is 17.4 Å². The van der Waals surface area contributed by atoms with Gasteiger partial charge in [0.1, 0.15) is 18.5 Å². The molecule has 220 valence electrons. The van der Waals surface area contributed by atoms with Crippen LogP contribution < -0.4 is 9.30 Å². The van der Waals surface area contributed by atoms with Gasteiger partial charge in [0.25, 0.3) is 0 Å². The summed E-state index contributed by atoms with van der Waals surface area (Å²) in [6.07, 6.45) is 4.86. The molecule has 0 saturated heterocycles. The van der Waals surface area contributed by atoms with Crippen LogP contribution in [0.15, 0.2) is 54.7 Å². The van der Waals surface area contributed by atoms with Gasteiger partial charge in [0.2, 0.25) is 11.2 Å². The molecule has 0 spiro atoms. The van der Waals surface area contributed by atoms with Crippen molar-refractivity contribution in [1.82, 2.24) is 0 Å². The highest BCUT2D eigenvalue weighted by atomic mass is 16.5. The Labute approximate surface area is 257 Å². The third kappa shape index (κ3) is 5.16. The number of rotatable bonds is 4. The van der Waals surface area contributed by atoms with Crippen molar-refractivity contribution >= 4 is 32.3 Å². The first-order chi connectivity index (χ1) is 20.1. The molecule has 0 aliphatic carbocycles. The number of aromatic nitrogens is 1. The maximum absolute atomic E-state index is 7.78. The van der Waals surface area contributed by atoms with Gasteiger partial charge in [-0.2, -0.15) is 0 Å². The lowest BCUT2D eigenvalue weighted by Crippen LogP contribution is -2.32. The van der Waals surface area contributed by atoms with E-state index < -0.39 is 5.54 Å². The van der Waals surface area contributed by atoms with Crippen LogP contribution in [0.1, 0.15) is 77.6 Å². The van der Waals surface area contributed by atoms with Gasteiger partial charge >= 0.3 is 0 Å². The summed E-state index contributed by atoms with van der Waals surface area (Å²) in [6, 6.07) is 18.1. The molecule has 3 nitrogen and oxygen atoms in total. The average molecular weight is 570 g/mol. The van der Waals surface area contributed by atoms with Gasteiger partial charge < -0.3 is 9.58 Å². The average Bonchev–Trinajstić information content (AvgIpc) is 2.90. The molecule has 0 fully saturated rings. The molecule has 0 N–H and O–H groups in total. The predicted octanol–water partition coefficient (Wildman–Crippen LogP) is 10.5. The highest BCUT2D eigenvalue weighted by molar-refractivity contribution is 6.17. The number of ether oxygens (including phenoxy) is 1. The first-order valence-corrected chi connectivity index (χ1v) is 15.6. The Morgan fingerprint density at radius 2 is 1.51 bits per heavy atom. The summed E-state index contributed by atoms with van der Waals surface area (Å²) in [5.74, 6) is 1.92. The Bertz CT molecular complexity index is 1990. The van der Waals surface area contributed by atoms with Crippen LogP contribution in [0.2, 0.25) is 0 Å². The summed E-state index contributed by atoms with van der Waals surface area (Å²) in [6.45, 7) is 28.0. The third-order valence-corrected chi connectivity index (χ3v) is 8.81. The van der Waals surface area contributed by atoms with Gasteiger partial charge in [-0.05, 0) is 74.9 Å². The first-order valence-electron chi connectivity index (χ1n) is 15.6. The van der Waals surface area contributed by atoms with Crippen LogP contribution in [0.4, 0.5) is 0 Å². The minimum absolute atomic E-state index is 0.0892. The number of benzene rings is 4. The van der Waals surface area contributed by atoms with Crippen molar-refractivity contribution in [2.24, 2.45) is 17.9 Å². The van der Waals surface area contributed by atoms with E-state index >= 15 is 0 Å². The van der Waals surface area contributed by atoms with Crippen LogP contribution >= 0.6 is 0 Å². The van der Waals surface area contributed by atoms with E-state index in [2.05, 4.69) is 120 Å². The Kier molecular flexibility index (Phi) is 6.66. The maximum Gasteiger partial charge on any atom is 0.231 e. The predicted molar refractivity (Wildman–Crippen MR) is 181 cm³/mol. The summed E-state index contributed by atoms with van der Waals surface area (Å²) in [4.78, 5) is 3.94. The second-order valence-electron chi connectivity index (χ2n) is 15.8. The summed E-state index contributed by atoms with van der Waals surface area (Å²) < 4.78 is 9.37. The lowest BCUT2D eigenvalue weighted by molar-refractivity contribution is -0.659. The molecule has 4 aromatic carbocycles. The van der Waals surface area contributed by atoms with Crippen LogP contribution in [-0.4, -0.2) is 5.54 Å². The molecule has 5 aromatic rings. The van der Waals surface area contributed by atoms with Crippen molar-refractivity contribution < 1.29 is 9.30 Å². The maximum atomic E-state index is 7.78. The standard InChI is InChI=1S/C40H45N2O/c1-24-30-19-25(21-38(2,3)4)15-16-28(30)31(23-39(5,6)7)37-33(24)36-35-29(17-18-42(36)11)34-26(20-32(35)43-37)13-12-14-27(34)22-40(8,9)41-10/h12-20H,21-23H2,1-9,11H3/q+1. The molecular weight excluding hydrogens is 524 g/mol. The van der Waals surface area contributed by atoms with Gasteiger partial charge in [-0.1, -0.05) is 77.9 Å². The van der Waals surface area contributed by atoms with E-state index in [1.165, 1.54) is 55.1 Å². The second-order valence-corrected chi connectivity index (χ2v) is 15.8. The molecule has 0 unspecified atom stereocenters. The zero-order valence-corrected chi connectivity index (χ0v) is 27.6. The fourth-order valence-corrected chi connectivity index (χ4v) is 7.10. The van der Waals surface area contributed by atoms with Crippen molar-refractivity contribution in [1.29, 1.82) is 0 Å². The Morgan fingerprint density at radius 3 is 2.19 bits per heavy atom. The van der Waals surface area contributed by atoms with E-state index in [9.17, 15) is 0 Å². The molecule has 0 bridgehead atoms. The molecule has 1 aliphatic heterocycles. The minimum Gasteiger partial charge on any atom is -0.455 e. The van der Waals surface area contributed by atoms with E-state index in [1.54, 1.807) is 0 Å². The third-order valence-electron chi connectivity index (χ3n) is 8.81. The number of pyridine rings is 1. The van der Waals surface area contributed by atoms with E-state index in [1.807, 2.05) is 13.8 Å². The molecular formula is C40H45N2O+. The normalized spacial score (nSPS) is 13.3. The van der Waals surface area contributed by atoms with Crippen molar-refractivity contribution in [2.45, 2.75) is 87.1 Å². The molecule has 0 atom stereocenters. The summed E-state index contributed by atoms with van der Waals surface area (Å²) in [5.41, 5.74) is 7.41. The van der Waals surface area contributed by atoms with Crippen LogP contribution in [0.3, 0.4) is 0 Å². The number of nitrogens with zero attached hydrogens (tertiary/aromatic N) is 2. The zero-order valence-electron chi connectivity index (χ0n) is 27.6. The quantitative estimate of drug-likeness (QED) is 0.117. The van der Waals surface area contributed by atoms with Gasteiger partial charge in [0.15, 0.2) is 6.20 Å². The molecule has 6 rings (SSSR count). The SMILES string of the molecule is [C-]#[N+]C(C)(C)Cc1cccc2cc3c4c([n+](C)ccc4c12)-c1c(c(CC(C)(C)C)c2ccc(CC(C)(C)C)cc2c1C)O3. The molecule has 43 heavy (non-hydrogen) atoms. The van der Waals surface area contributed by atoms with E-state index in [0.717, 1.165) is 35.1 Å². The fraction of sp³-hybridized carbons (Fsp3) is 0.400. The molecule has 0 radical (unpaired) electrons. The Balaban J connectivity index is 1.73. The van der Waals surface area contributed by atoms with Crippen molar-refractivity contribution in [2.75, 3.05) is 0 Å². The Hall–Kier alpha value is -3.90. The summed E-state index contributed by atoms with van der Waals surface area (Å²) >= 11 is 0. The summed E-state index contributed by atoms with van der Waals surface area (Å²) in [5, 5.41) is 7.36. The molecule has 1 aromatic heterocycles. The number of aryl methyl sites for hydroxylation is 2. The van der Waals surface area contributed by atoms with Crippen LogP contribution in [0, 0.1) is 24.3 Å². The van der Waals surface area contributed by atoms with Crippen molar-refractivity contribution in [3.63, 3.8) is 0 Å². The van der Waals surface area contributed by atoms with E-state index in [0.29, 0.717) is 6.42 Å². The smallest absolute Gasteiger partial charge is 0.231 e. The fourth-order valence-electron chi connectivity index (χ4n) is 7.10. The van der Waals surface area contributed by atoms with Gasteiger partial charge in [-0.3, -0.25) is 0 Å². The molecule has 1 aliphatic rings. The van der Waals surface area contributed by atoms with Crippen LogP contribution in [-0.2, 0) is 26.3 Å². The van der Waals surface area contributed by atoms with E-state index in [4.69, 9.17) is 11.3 Å². The highest BCUT2D eigenvalue weighted by Gasteiger charge is 2.35. The number of hydrogen-bond acceptors (Lipinski definition) is 1. The first kappa shape index (κ1) is 29.2. The zero-order chi connectivity index (χ0) is 31.1. The lowest BCUT2D eigenvalue weighted by Gasteiger charge is -2.29. The van der Waals surface area contributed by atoms with Crippen molar-refractivity contribution in [3.8, 4) is 22.8 Å². The minimum atomic E-state index is -0.468. The lowest BCUT2D eigenvalue weighted by atomic mass is 9.80. The summed E-state index contributed by atoms with van der Waals surface area (Å²) in [7, 11) is 2.16. The van der Waals surface area contributed by atoms with Gasteiger partial charge in [-0.15, -0.1) is 0 Å². The van der Waals surface area contributed by atoms with Crippen molar-refractivity contribution in [3.05, 3.63) is 88.4 Å². The topological polar surface area (TPSA) is 17.5 Å². The van der Waals surface area contributed by atoms with E-state index in [-0.39, 0.29) is 10.8 Å². The largest absolute Gasteiger partial charge is 0.455 e. The second kappa shape index (κ2) is 9.81. The number of hydrogen-bond donors (Lipinski definition) is 0. The molecule has 0 saturated carbocycles. The highest BCUT2D eigenvalue weighted by Crippen LogP contribution is 2.53.